The van der Waals surface area contributed by atoms with Gasteiger partial charge in [0.05, 0.1) is 12.2 Å². The summed E-state index contributed by atoms with van der Waals surface area (Å²) in [7, 11) is 0. The number of pyridine rings is 1. The van der Waals surface area contributed by atoms with E-state index < -0.39 is 11.5 Å². The highest BCUT2D eigenvalue weighted by Gasteiger charge is 2.15. The molecule has 0 radical (unpaired) electrons. The molecule has 2 heterocycles. The number of carboxylic acid groups (broad SMARTS) is 1. The Bertz CT molecular complexity index is 697. The zero-order valence-electron chi connectivity index (χ0n) is 11.6. The van der Waals surface area contributed by atoms with E-state index in [-0.39, 0.29) is 18.0 Å². The van der Waals surface area contributed by atoms with E-state index in [0.29, 0.717) is 11.3 Å². The standard InChI is InChI=1S/C14H16N2O4/c1-8(2)11-6-10(20-15-11)7-16-5-4-9(3)12(13(16)17)14(18)19/h4-6,8H,7H2,1-3H3,(H,18,19). The number of carboxylic acids is 1. The molecule has 2 aromatic heterocycles. The van der Waals surface area contributed by atoms with E-state index in [1.54, 1.807) is 25.3 Å². The number of carbonyl (C=O) groups is 1. The maximum absolute atomic E-state index is 12.1. The Labute approximate surface area is 115 Å². The molecule has 2 aromatic rings. The van der Waals surface area contributed by atoms with E-state index >= 15 is 0 Å². The van der Waals surface area contributed by atoms with Crippen molar-refractivity contribution in [3.63, 3.8) is 0 Å². The number of hydrogen-bond donors (Lipinski definition) is 1. The summed E-state index contributed by atoms with van der Waals surface area (Å²) >= 11 is 0. The van der Waals surface area contributed by atoms with Crippen molar-refractivity contribution in [3.8, 4) is 0 Å². The Kier molecular flexibility index (Phi) is 3.74. The number of rotatable bonds is 4. The molecule has 0 aliphatic heterocycles. The second-order valence-electron chi connectivity index (χ2n) is 4.98. The number of aryl methyl sites for hydroxylation is 1. The van der Waals surface area contributed by atoms with Crippen molar-refractivity contribution in [2.75, 3.05) is 0 Å². The van der Waals surface area contributed by atoms with E-state index in [1.807, 2.05) is 13.8 Å². The van der Waals surface area contributed by atoms with Crippen LogP contribution in [0.25, 0.3) is 0 Å². The number of aromatic nitrogens is 2. The first kappa shape index (κ1) is 14.0. The van der Waals surface area contributed by atoms with Crippen molar-refractivity contribution in [2.24, 2.45) is 0 Å². The lowest BCUT2D eigenvalue weighted by atomic mass is 10.1. The molecule has 0 bridgehead atoms. The molecule has 0 aromatic carbocycles. The molecule has 6 nitrogen and oxygen atoms in total. The minimum Gasteiger partial charge on any atom is -0.477 e. The van der Waals surface area contributed by atoms with Crippen molar-refractivity contribution in [1.29, 1.82) is 0 Å². The van der Waals surface area contributed by atoms with Crippen LogP contribution in [0.4, 0.5) is 0 Å². The van der Waals surface area contributed by atoms with Crippen molar-refractivity contribution in [1.82, 2.24) is 9.72 Å². The van der Waals surface area contributed by atoms with Gasteiger partial charge in [-0.3, -0.25) is 4.79 Å². The van der Waals surface area contributed by atoms with Crippen LogP contribution in [0.5, 0.6) is 0 Å². The van der Waals surface area contributed by atoms with Gasteiger partial charge < -0.3 is 14.2 Å². The van der Waals surface area contributed by atoms with E-state index in [9.17, 15) is 9.59 Å². The molecular weight excluding hydrogens is 260 g/mol. The molecule has 106 valence electrons. The highest BCUT2D eigenvalue weighted by atomic mass is 16.5. The van der Waals surface area contributed by atoms with Gasteiger partial charge in [-0.15, -0.1) is 0 Å². The van der Waals surface area contributed by atoms with Crippen LogP contribution in [0.15, 0.2) is 27.6 Å². The molecule has 0 atom stereocenters. The molecule has 1 N–H and O–H groups in total. The Morgan fingerprint density at radius 3 is 2.75 bits per heavy atom. The number of nitrogens with zero attached hydrogens (tertiary/aromatic N) is 2. The van der Waals surface area contributed by atoms with Gasteiger partial charge in [-0.1, -0.05) is 19.0 Å². The van der Waals surface area contributed by atoms with Crippen molar-refractivity contribution >= 4 is 5.97 Å². The molecular formula is C14H16N2O4. The highest BCUT2D eigenvalue weighted by Crippen LogP contribution is 2.14. The average molecular weight is 276 g/mol. The van der Waals surface area contributed by atoms with Crippen molar-refractivity contribution in [2.45, 2.75) is 33.2 Å². The number of hydrogen-bond acceptors (Lipinski definition) is 4. The summed E-state index contributed by atoms with van der Waals surface area (Å²) in [6.45, 7) is 5.74. The second kappa shape index (κ2) is 5.32. The maximum Gasteiger partial charge on any atom is 0.341 e. The van der Waals surface area contributed by atoms with Gasteiger partial charge in [0.2, 0.25) is 0 Å². The van der Waals surface area contributed by atoms with Crippen LogP contribution in [0.1, 0.15) is 47.1 Å². The van der Waals surface area contributed by atoms with Gasteiger partial charge in [-0.05, 0) is 24.5 Å². The third-order valence-electron chi connectivity index (χ3n) is 3.08. The first-order valence-electron chi connectivity index (χ1n) is 6.29. The van der Waals surface area contributed by atoms with Gasteiger partial charge in [-0.2, -0.15) is 0 Å². The molecule has 2 rings (SSSR count). The van der Waals surface area contributed by atoms with Crippen molar-refractivity contribution < 1.29 is 14.4 Å². The normalized spacial score (nSPS) is 11.0. The molecule has 0 saturated carbocycles. The molecule has 0 aliphatic rings. The third kappa shape index (κ3) is 2.64. The van der Waals surface area contributed by atoms with E-state index in [4.69, 9.17) is 9.63 Å². The van der Waals surface area contributed by atoms with Crippen LogP contribution in [-0.2, 0) is 6.54 Å². The fourth-order valence-electron chi connectivity index (χ4n) is 1.89. The largest absolute Gasteiger partial charge is 0.477 e. The van der Waals surface area contributed by atoms with Crippen LogP contribution in [0.2, 0.25) is 0 Å². The SMILES string of the molecule is Cc1ccn(Cc2cc(C(C)C)no2)c(=O)c1C(=O)O. The molecule has 0 fully saturated rings. The Hall–Kier alpha value is -2.37. The minimum atomic E-state index is -1.22. The third-order valence-corrected chi connectivity index (χ3v) is 3.08. The summed E-state index contributed by atoms with van der Waals surface area (Å²) in [5.74, 6) is -0.463. The monoisotopic (exact) mass is 276 g/mol. The summed E-state index contributed by atoms with van der Waals surface area (Å²) < 4.78 is 6.46. The van der Waals surface area contributed by atoms with Crippen LogP contribution in [-0.4, -0.2) is 20.8 Å². The van der Waals surface area contributed by atoms with Gasteiger partial charge in [0.1, 0.15) is 5.56 Å². The molecule has 0 aliphatic carbocycles. The second-order valence-corrected chi connectivity index (χ2v) is 4.98. The van der Waals surface area contributed by atoms with Crippen LogP contribution in [0, 0.1) is 6.92 Å². The van der Waals surface area contributed by atoms with Gasteiger partial charge in [0.25, 0.3) is 5.56 Å². The van der Waals surface area contributed by atoms with Gasteiger partial charge in [0.15, 0.2) is 5.76 Å². The van der Waals surface area contributed by atoms with Crippen LogP contribution >= 0.6 is 0 Å². The smallest absolute Gasteiger partial charge is 0.341 e. The Morgan fingerprint density at radius 1 is 1.50 bits per heavy atom. The van der Waals surface area contributed by atoms with Crippen molar-refractivity contribution in [3.05, 3.63) is 51.3 Å². The topological polar surface area (TPSA) is 85.3 Å². The highest BCUT2D eigenvalue weighted by molar-refractivity contribution is 5.88. The number of aromatic carboxylic acids is 1. The molecule has 6 heteroatoms. The van der Waals surface area contributed by atoms with Gasteiger partial charge in [0, 0.05) is 12.3 Å². The minimum absolute atomic E-state index is 0.166. The first-order chi connectivity index (χ1) is 9.40. The Balaban J connectivity index is 2.36. The zero-order chi connectivity index (χ0) is 14.9. The molecule has 0 unspecified atom stereocenters. The average Bonchev–Trinajstić information content (AvgIpc) is 2.81. The fourth-order valence-corrected chi connectivity index (χ4v) is 1.89. The summed E-state index contributed by atoms with van der Waals surface area (Å²) in [6.07, 6.45) is 1.56. The van der Waals surface area contributed by atoms with Crippen LogP contribution in [0.3, 0.4) is 0 Å². The van der Waals surface area contributed by atoms with E-state index in [2.05, 4.69) is 5.16 Å². The maximum atomic E-state index is 12.1. The lowest BCUT2D eigenvalue weighted by Gasteiger charge is -2.06. The van der Waals surface area contributed by atoms with E-state index in [1.165, 1.54) is 4.57 Å². The summed E-state index contributed by atoms with van der Waals surface area (Å²) in [5.41, 5.74) is 0.494. The van der Waals surface area contributed by atoms with E-state index in [0.717, 1.165) is 5.69 Å². The molecule has 0 saturated heterocycles. The lowest BCUT2D eigenvalue weighted by Crippen LogP contribution is -2.27. The summed E-state index contributed by atoms with van der Waals surface area (Å²) in [4.78, 5) is 23.2. The molecule has 20 heavy (non-hydrogen) atoms. The van der Waals surface area contributed by atoms with Gasteiger partial charge >= 0.3 is 5.97 Å². The predicted octanol–water partition coefficient (Wildman–Crippen LogP) is 2.01. The van der Waals surface area contributed by atoms with Crippen LogP contribution < -0.4 is 5.56 Å². The Morgan fingerprint density at radius 2 is 2.20 bits per heavy atom. The molecule has 0 amide bonds. The lowest BCUT2D eigenvalue weighted by molar-refractivity contribution is 0.0693. The molecule has 0 spiro atoms. The van der Waals surface area contributed by atoms with Gasteiger partial charge in [-0.25, -0.2) is 4.79 Å². The quantitative estimate of drug-likeness (QED) is 0.923. The predicted molar refractivity (Wildman–Crippen MR) is 72.1 cm³/mol. The first-order valence-corrected chi connectivity index (χ1v) is 6.29. The zero-order valence-corrected chi connectivity index (χ0v) is 11.6. The fraction of sp³-hybridized carbons (Fsp3) is 0.357. The summed E-state index contributed by atoms with van der Waals surface area (Å²) in [6, 6.07) is 3.38. The summed E-state index contributed by atoms with van der Waals surface area (Å²) in [5, 5.41) is 13.0.